The Morgan fingerprint density at radius 1 is 0.462 bits per heavy atom. The Morgan fingerprint density at radius 2 is 1.02 bits per heavy atom. The summed E-state index contributed by atoms with van der Waals surface area (Å²) in [4.78, 5) is 0. The van der Waals surface area contributed by atoms with Crippen molar-refractivity contribution in [1.29, 1.82) is 10.5 Å². The predicted molar refractivity (Wildman–Crippen MR) is 215 cm³/mol. The number of thiophene rings is 1. The molecule has 52 heavy (non-hydrogen) atoms. The van der Waals surface area contributed by atoms with Gasteiger partial charge in [-0.2, -0.15) is 10.5 Å². The fourth-order valence-corrected chi connectivity index (χ4v) is 9.98. The standard InChI is InChI=1S/C47H28N4S/c1-47(2)39-9-5-3-7-31(39)33-24-44-36(23-40(33)47)35-20-28(26-49)12-16-43(35)51(44)30-14-18-46-38(22-30)37-21-29(13-17-45(37)52-46)50-41-10-6-4-8-32(41)34-19-27(25-48)11-15-42(34)50/h3-24H,1-2H3. The minimum atomic E-state index is -0.123. The van der Waals surface area contributed by atoms with Gasteiger partial charge in [-0.1, -0.05) is 56.3 Å². The van der Waals surface area contributed by atoms with Crippen molar-refractivity contribution >= 4 is 75.1 Å². The van der Waals surface area contributed by atoms with E-state index >= 15 is 0 Å². The van der Waals surface area contributed by atoms with Crippen LogP contribution < -0.4 is 0 Å². The highest BCUT2D eigenvalue weighted by Crippen LogP contribution is 2.51. The first-order valence-corrected chi connectivity index (χ1v) is 18.3. The maximum atomic E-state index is 9.91. The molecule has 0 N–H and O–H groups in total. The Balaban J connectivity index is 1.17. The molecule has 0 aliphatic heterocycles. The number of hydrogen-bond donors (Lipinski definition) is 0. The van der Waals surface area contributed by atoms with Gasteiger partial charge in [0.05, 0.1) is 45.3 Å². The molecule has 0 amide bonds. The van der Waals surface area contributed by atoms with E-state index < -0.39 is 0 Å². The molecule has 242 valence electrons. The third kappa shape index (κ3) is 3.78. The van der Waals surface area contributed by atoms with E-state index in [1.807, 2.05) is 35.6 Å². The molecule has 0 unspecified atom stereocenters. The average Bonchev–Trinajstić information content (AvgIpc) is 3.88. The van der Waals surface area contributed by atoms with Crippen LogP contribution >= 0.6 is 11.3 Å². The third-order valence-electron chi connectivity index (χ3n) is 11.4. The molecule has 0 saturated carbocycles. The van der Waals surface area contributed by atoms with Crippen molar-refractivity contribution < 1.29 is 0 Å². The molecule has 0 fully saturated rings. The number of para-hydroxylation sites is 1. The van der Waals surface area contributed by atoms with E-state index in [1.54, 1.807) is 0 Å². The summed E-state index contributed by atoms with van der Waals surface area (Å²) in [7, 11) is 0. The number of fused-ring (bicyclic) bond motifs is 12. The van der Waals surface area contributed by atoms with Crippen LogP contribution in [-0.4, -0.2) is 9.13 Å². The summed E-state index contributed by atoms with van der Waals surface area (Å²) in [5, 5.41) is 26.4. The van der Waals surface area contributed by atoms with Gasteiger partial charge in [-0.25, -0.2) is 0 Å². The number of hydrogen-bond acceptors (Lipinski definition) is 3. The van der Waals surface area contributed by atoms with Crippen molar-refractivity contribution in [2.75, 3.05) is 0 Å². The molecule has 3 aromatic heterocycles. The van der Waals surface area contributed by atoms with Crippen LogP contribution in [0.25, 0.3) is 86.3 Å². The number of nitriles is 2. The fraction of sp³-hybridized carbons (Fsp3) is 0.0638. The van der Waals surface area contributed by atoms with E-state index in [2.05, 4.69) is 144 Å². The fourth-order valence-electron chi connectivity index (χ4n) is 8.91. The maximum Gasteiger partial charge on any atom is 0.0991 e. The van der Waals surface area contributed by atoms with Crippen LogP contribution in [0.5, 0.6) is 0 Å². The largest absolute Gasteiger partial charge is 0.309 e. The Bertz CT molecular complexity index is 3300. The molecule has 11 rings (SSSR count). The molecular formula is C47H28N4S. The molecule has 5 heteroatoms. The van der Waals surface area contributed by atoms with Gasteiger partial charge in [0.25, 0.3) is 0 Å². The SMILES string of the molecule is CC1(C)c2ccccc2-c2cc3c(cc21)c1cc(C#N)ccc1n3-c1ccc2sc3ccc(-n4c5ccccc5c5cc(C#N)ccc54)cc3c2c1. The highest BCUT2D eigenvalue weighted by atomic mass is 32.1. The van der Waals surface area contributed by atoms with E-state index in [0.717, 1.165) is 55.0 Å². The topological polar surface area (TPSA) is 57.4 Å². The van der Waals surface area contributed by atoms with E-state index in [9.17, 15) is 10.5 Å². The van der Waals surface area contributed by atoms with Gasteiger partial charge in [-0.05, 0) is 113 Å². The summed E-state index contributed by atoms with van der Waals surface area (Å²) in [5.41, 5.74) is 13.0. The van der Waals surface area contributed by atoms with Crippen molar-refractivity contribution in [2.24, 2.45) is 0 Å². The normalized spacial score (nSPS) is 13.3. The summed E-state index contributed by atoms with van der Waals surface area (Å²) in [6, 6.07) is 52.3. The van der Waals surface area contributed by atoms with Crippen LogP contribution in [-0.2, 0) is 5.41 Å². The van der Waals surface area contributed by atoms with Gasteiger partial charge in [0.1, 0.15) is 0 Å². The minimum Gasteiger partial charge on any atom is -0.309 e. The average molecular weight is 681 g/mol. The molecular weight excluding hydrogens is 653 g/mol. The first kappa shape index (κ1) is 29.1. The Kier molecular flexibility index (Phi) is 5.71. The lowest BCUT2D eigenvalue weighted by Gasteiger charge is -2.21. The number of rotatable bonds is 2. The molecule has 0 bridgehead atoms. The van der Waals surface area contributed by atoms with Crippen molar-refractivity contribution in [3.8, 4) is 34.6 Å². The van der Waals surface area contributed by atoms with Gasteiger partial charge in [-0.3, -0.25) is 0 Å². The zero-order chi connectivity index (χ0) is 34.9. The second-order valence-corrected chi connectivity index (χ2v) is 15.5. The number of benzene rings is 7. The van der Waals surface area contributed by atoms with E-state index in [-0.39, 0.29) is 5.41 Å². The van der Waals surface area contributed by atoms with Crippen molar-refractivity contribution in [3.63, 3.8) is 0 Å². The van der Waals surface area contributed by atoms with Crippen molar-refractivity contribution in [3.05, 3.63) is 156 Å². The molecule has 0 spiro atoms. The molecule has 4 nitrogen and oxygen atoms in total. The molecule has 3 heterocycles. The summed E-state index contributed by atoms with van der Waals surface area (Å²) in [5.74, 6) is 0. The Labute approximate surface area is 303 Å². The minimum absolute atomic E-state index is 0.123. The van der Waals surface area contributed by atoms with Gasteiger partial charge in [0.15, 0.2) is 0 Å². The molecule has 0 saturated heterocycles. The lowest BCUT2D eigenvalue weighted by molar-refractivity contribution is 0.661. The van der Waals surface area contributed by atoms with Gasteiger partial charge in [-0.15, -0.1) is 11.3 Å². The van der Waals surface area contributed by atoms with Gasteiger partial charge in [0.2, 0.25) is 0 Å². The highest BCUT2D eigenvalue weighted by molar-refractivity contribution is 7.25. The second-order valence-electron chi connectivity index (χ2n) is 14.4. The van der Waals surface area contributed by atoms with Crippen LogP contribution in [0.1, 0.15) is 36.1 Å². The van der Waals surface area contributed by atoms with E-state index in [1.165, 1.54) is 42.4 Å². The molecule has 1 aliphatic rings. The Morgan fingerprint density at radius 3 is 1.69 bits per heavy atom. The van der Waals surface area contributed by atoms with Crippen molar-refractivity contribution in [2.45, 2.75) is 19.3 Å². The third-order valence-corrected chi connectivity index (χ3v) is 12.5. The molecule has 10 aromatic rings. The predicted octanol–water partition coefficient (Wildman–Crippen LogP) is 12.3. The Hall–Kier alpha value is -6.66. The molecule has 0 radical (unpaired) electrons. The maximum absolute atomic E-state index is 9.91. The molecule has 0 atom stereocenters. The molecule has 1 aliphatic carbocycles. The van der Waals surface area contributed by atoms with Gasteiger partial charge >= 0.3 is 0 Å². The van der Waals surface area contributed by atoms with Crippen LogP contribution in [0.3, 0.4) is 0 Å². The lowest BCUT2D eigenvalue weighted by atomic mass is 9.82. The summed E-state index contributed by atoms with van der Waals surface area (Å²) in [6.07, 6.45) is 0. The number of nitrogens with zero attached hydrogens (tertiary/aromatic N) is 4. The van der Waals surface area contributed by atoms with Crippen LogP contribution in [0.4, 0.5) is 0 Å². The van der Waals surface area contributed by atoms with Crippen molar-refractivity contribution in [1.82, 2.24) is 9.13 Å². The highest BCUT2D eigenvalue weighted by Gasteiger charge is 2.36. The summed E-state index contributed by atoms with van der Waals surface area (Å²) >= 11 is 1.82. The monoisotopic (exact) mass is 680 g/mol. The smallest absolute Gasteiger partial charge is 0.0991 e. The second kappa shape index (κ2) is 10.2. The first-order valence-electron chi connectivity index (χ1n) is 17.5. The van der Waals surface area contributed by atoms with E-state index in [4.69, 9.17) is 0 Å². The van der Waals surface area contributed by atoms with Crippen LogP contribution in [0, 0.1) is 22.7 Å². The zero-order valence-corrected chi connectivity index (χ0v) is 29.2. The zero-order valence-electron chi connectivity index (χ0n) is 28.4. The van der Waals surface area contributed by atoms with Gasteiger partial charge in [0, 0.05) is 58.5 Å². The van der Waals surface area contributed by atoms with Crippen LogP contribution in [0.2, 0.25) is 0 Å². The first-order chi connectivity index (χ1) is 25.4. The van der Waals surface area contributed by atoms with Gasteiger partial charge < -0.3 is 9.13 Å². The summed E-state index contributed by atoms with van der Waals surface area (Å²) < 4.78 is 7.17. The van der Waals surface area contributed by atoms with E-state index in [0.29, 0.717) is 11.1 Å². The number of aromatic nitrogens is 2. The molecule has 7 aromatic carbocycles. The quantitative estimate of drug-likeness (QED) is 0.182. The van der Waals surface area contributed by atoms with Crippen LogP contribution in [0.15, 0.2) is 133 Å². The lowest BCUT2D eigenvalue weighted by Crippen LogP contribution is -2.14. The summed E-state index contributed by atoms with van der Waals surface area (Å²) in [6.45, 7) is 4.63.